The molecule has 0 atom stereocenters. The van der Waals surface area contributed by atoms with Crippen molar-refractivity contribution >= 4 is 22.5 Å². The Balaban J connectivity index is 2.25. The standard InChI is InChI=1S/C21H19NO7/c1-26-15-6-5-11(7-16(15)27-2)20(23)19-13-9-18(29-4)17(28-3)8-12(13)14(10-22-19)21(24)25/h5-10H,1-4H3,(H,24,25). The third kappa shape index (κ3) is 3.52. The lowest BCUT2D eigenvalue weighted by molar-refractivity contribution is 0.0698. The number of ether oxygens (including phenoxy) is 4. The topological polar surface area (TPSA) is 104 Å². The van der Waals surface area contributed by atoms with Crippen molar-refractivity contribution in [1.29, 1.82) is 0 Å². The Labute approximate surface area is 166 Å². The second-order valence-corrected chi connectivity index (χ2v) is 5.98. The number of rotatable bonds is 7. The molecule has 2 aromatic carbocycles. The van der Waals surface area contributed by atoms with Gasteiger partial charge in [0.25, 0.3) is 0 Å². The molecule has 0 aliphatic carbocycles. The molecular weight excluding hydrogens is 378 g/mol. The minimum atomic E-state index is -1.17. The molecule has 8 heteroatoms. The maximum atomic E-state index is 13.2. The summed E-state index contributed by atoms with van der Waals surface area (Å²) in [7, 11) is 5.87. The predicted molar refractivity (Wildman–Crippen MR) is 105 cm³/mol. The van der Waals surface area contributed by atoms with Crippen LogP contribution in [0.3, 0.4) is 0 Å². The minimum absolute atomic E-state index is 0.0511. The molecular formula is C21H19NO7. The molecule has 0 aliphatic rings. The molecule has 0 saturated carbocycles. The van der Waals surface area contributed by atoms with Gasteiger partial charge in [-0.05, 0) is 30.3 Å². The molecule has 29 heavy (non-hydrogen) atoms. The van der Waals surface area contributed by atoms with Crippen molar-refractivity contribution in [3.8, 4) is 23.0 Å². The molecule has 0 radical (unpaired) electrons. The summed E-state index contributed by atoms with van der Waals surface area (Å²) in [6, 6.07) is 7.80. The van der Waals surface area contributed by atoms with Crippen LogP contribution in [0.1, 0.15) is 26.4 Å². The molecule has 1 N–H and O–H groups in total. The SMILES string of the molecule is COc1ccc(C(=O)c2ncc(C(=O)O)c3cc(OC)c(OC)cc23)cc1OC. The van der Waals surface area contributed by atoms with Crippen molar-refractivity contribution in [3.05, 3.63) is 53.3 Å². The van der Waals surface area contributed by atoms with Crippen LogP contribution in [0, 0.1) is 0 Å². The first-order valence-electron chi connectivity index (χ1n) is 8.49. The lowest BCUT2D eigenvalue weighted by atomic mass is 9.99. The second-order valence-electron chi connectivity index (χ2n) is 5.98. The van der Waals surface area contributed by atoms with E-state index in [2.05, 4.69) is 4.98 Å². The van der Waals surface area contributed by atoms with Gasteiger partial charge < -0.3 is 24.1 Å². The molecule has 150 valence electrons. The fourth-order valence-electron chi connectivity index (χ4n) is 3.03. The zero-order valence-electron chi connectivity index (χ0n) is 16.3. The number of pyridine rings is 1. The molecule has 1 aromatic heterocycles. The first-order chi connectivity index (χ1) is 13.9. The summed E-state index contributed by atoms with van der Waals surface area (Å²) >= 11 is 0. The van der Waals surface area contributed by atoms with E-state index in [1.54, 1.807) is 24.3 Å². The summed E-state index contributed by atoms with van der Waals surface area (Å²) in [5, 5.41) is 10.2. The van der Waals surface area contributed by atoms with Gasteiger partial charge in [-0.3, -0.25) is 9.78 Å². The zero-order valence-corrected chi connectivity index (χ0v) is 16.3. The Morgan fingerprint density at radius 1 is 0.793 bits per heavy atom. The average Bonchev–Trinajstić information content (AvgIpc) is 2.75. The van der Waals surface area contributed by atoms with Crippen LogP contribution in [0.25, 0.3) is 10.8 Å². The highest BCUT2D eigenvalue weighted by Gasteiger charge is 2.22. The summed E-state index contributed by atoms with van der Waals surface area (Å²) in [5.41, 5.74) is 0.345. The second kappa shape index (κ2) is 8.05. The number of hydrogen-bond donors (Lipinski definition) is 1. The maximum Gasteiger partial charge on any atom is 0.337 e. The van der Waals surface area contributed by atoms with E-state index >= 15 is 0 Å². The summed E-state index contributed by atoms with van der Waals surface area (Å²) in [6.45, 7) is 0. The molecule has 0 bridgehead atoms. The van der Waals surface area contributed by atoms with Crippen molar-refractivity contribution in [2.75, 3.05) is 28.4 Å². The number of aromatic nitrogens is 1. The molecule has 3 aromatic rings. The Morgan fingerprint density at radius 2 is 1.34 bits per heavy atom. The van der Waals surface area contributed by atoms with Crippen LogP contribution >= 0.6 is 0 Å². The van der Waals surface area contributed by atoms with Gasteiger partial charge in [-0.15, -0.1) is 0 Å². The third-order valence-corrected chi connectivity index (χ3v) is 4.48. The molecule has 0 aliphatic heterocycles. The minimum Gasteiger partial charge on any atom is -0.493 e. The van der Waals surface area contributed by atoms with Crippen LogP contribution < -0.4 is 18.9 Å². The van der Waals surface area contributed by atoms with Crippen LogP contribution in [-0.4, -0.2) is 50.3 Å². The number of nitrogens with zero attached hydrogens (tertiary/aromatic N) is 1. The van der Waals surface area contributed by atoms with Crippen LogP contribution in [0.4, 0.5) is 0 Å². The van der Waals surface area contributed by atoms with Gasteiger partial charge in [0.1, 0.15) is 5.69 Å². The number of aromatic carboxylic acids is 1. The van der Waals surface area contributed by atoms with E-state index in [9.17, 15) is 14.7 Å². The molecule has 3 rings (SSSR count). The maximum absolute atomic E-state index is 13.2. The fourth-order valence-corrected chi connectivity index (χ4v) is 3.03. The van der Waals surface area contributed by atoms with Crippen LogP contribution in [0.5, 0.6) is 23.0 Å². The summed E-state index contributed by atoms with van der Waals surface area (Å²) in [6.07, 6.45) is 1.16. The summed E-state index contributed by atoms with van der Waals surface area (Å²) < 4.78 is 21.0. The van der Waals surface area contributed by atoms with Crippen LogP contribution in [0.2, 0.25) is 0 Å². The lowest BCUT2D eigenvalue weighted by Gasteiger charge is -2.13. The zero-order chi connectivity index (χ0) is 21.1. The van der Waals surface area contributed by atoms with E-state index in [0.29, 0.717) is 39.3 Å². The number of carbonyl (C=O) groups excluding carboxylic acids is 1. The number of carboxylic acid groups (broad SMARTS) is 1. The molecule has 0 amide bonds. The highest BCUT2D eigenvalue weighted by molar-refractivity contribution is 6.18. The first-order valence-corrected chi connectivity index (χ1v) is 8.49. The van der Waals surface area contributed by atoms with Gasteiger partial charge >= 0.3 is 5.97 Å². The van der Waals surface area contributed by atoms with E-state index in [0.717, 1.165) is 6.20 Å². The Hall–Kier alpha value is -3.81. The quantitative estimate of drug-likeness (QED) is 0.606. The van der Waals surface area contributed by atoms with Crippen molar-refractivity contribution in [1.82, 2.24) is 4.98 Å². The van der Waals surface area contributed by atoms with Gasteiger partial charge in [0.2, 0.25) is 5.78 Å². The first kappa shape index (κ1) is 19.9. The van der Waals surface area contributed by atoms with Gasteiger partial charge in [0.05, 0.1) is 34.0 Å². The number of ketones is 1. The van der Waals surface area contributed by atoms with E-state index in [-0.39, 0.29) is 11.3 Å². The molecule has 1 heterocycles. The Bertz CT molecular complexity index is 1110. The highest BCUT2D eigenvalue weighted by Crippen LogP contribution is 2.36. The molecule has 8 nitrogen and oxygen atoms in total. The van der Waals surface area contributed by atoms with Gasteiger partial charge in [-0.25, -0.2) is 4.79 Å². The van der Waals surface area contributed by atoms with Crippen molar-refractivity contribution in [3.63, 3.8) is 0 Å². The van der Waals surface area contributed by atoms with E-state index < -0.39 is 11.8 Å². The van der Waals surface area contributed by atoms with E-state index in [1.165, 1.54) is 34.5 Å². The Kier molecular flexibility index (Phi) is 5.54. The largest absolute Gasteiger partial charge is 0.493 e. The van der Waals surface area contributed by atoms with Gasteiger partial charge in [0.15, 0.2) is 23.0 Å². The number of hydrogen-bond acceptors (Lipinski definition) is 7. The van der Waals surface area contributed by atoms with Crippen molar-refractivity contribution < 1.29 is 33.6 Å². The summed E-state index contributed by atoms with van der Waals surface area (Å²) in [5.74, 6) is 0.00224. The number of carbonyl (C=O) groups is 2. The molecule has 0 unspecified atom stereocenters. The van der Waals surface area contributed by atoms with Gasteiger partial charge in [0, 0.05) is 22.5 Å². The number of methoxy groups -OCH3 is 4. The smallest absolute Gasteiger partial charge is 0.337 e. The molecule has 0 spiro atoms. The van der Waals surface area contributed by atoms with Crippen LogP contribution in [0.15, 0.2) is 36.5 Å². The number of fused-ring (bicyclic) bond motifs is 1. The van der Waals surface area contributed by atoms with E-state index in [4.69, 9.17) is 18.9 Å². The normalized spacial score (nSPS) is 10.5. The Morgan fingerprint density at radius 3 is 1.90 bits per heavy atom. The van der Waals surface area contributed by atoms with Gasteiger partial charge in [-0.1, -0.05) is 0 Å². The van der Waals surface area contributed by atoms with Gasteiger partial charge in [-0.2, -0.15) is 0 Å². The van der Waals surface area contributed by atoms with Crippen LogP contribution in [-0.2, 0) is 0 Å². The fraction of sp³-hybridized carbons (Fsp3) is 0.190. The lowest BCUT2D eigenvalue weighted by Crippen LogP contribution is -2.09. The highest BCUT2D eigenvalue weighted by atomic mass is 16.5. The molecule has 0 fully saturated rings. The van der Waals surface area contributed by atoms with Crippen molar-refractivity contribution in [2.45, 2.75) is 0 Å². The van der Waals surface area contributed by atoms with E-state index in [1.807, 2.05) is 0 Å². The number of carboxylic acids is 1. The predicted octanol–water partition coefficient (Wildman–Crippen LogP) is 3.20. The average molecular weight is 397 g/mol. The number of benzene rings is 2. The monoisotopic (exact) mass is 397 g/mol. The van der Waals surface area contributed by atoms with Crippen molar-refractivity contribution in [2.24, 2.45) is 0 Å². The summed E-state index contributed by atoms with van der Waals surface area (Å²) in [4.78, 5) is 29.0. The third-order valence-electron chi connectivity index (χ3n) is 4.48. The molecule has 0 saturated heterocycles.